The molecule has 1 saturated heterocycles. The second-order valence-corrected chi connectivity index (χ2v) is 5.93. The van der Waals surface area contributed by atoms with Gasteiger partial charge in [0.2, 0.25) is 0 Å². The molecule has 4 heteroatoms. The third-order valence-electron chi connectivity index (χ3n) is 4.52. The minimum absolute atomic E-state index is 0.443. The summed E-state index contributed by atoms with van der Waals surface area (Å²) in [7, 11) is 4.22. The van der Waals surface area contributed by atoms with Gasteiger partial charge in [0, 0.05) is 19.1 Å². The monoisotopic (exact) mass is 240 g/mol. The molecule has 0 aromatic rings. The smallest absolute Gasteiger partial charge is 0.310 e. The Balaban J connectivity index is 1.94. The van der Waals surface area contributed by atoms with Gasteiger partial charge in [-0.25, -0.2) is 0 Å². The van der Waals surface area contributed by atoms with Crippen LogP contribution in [0.15, 0.2) is 0 Å². The molecule has 1 heterocycles. The summed E-state index contributed by atoms with van der Waals surface area (Å²) in [5.41, 5.74) is -0.443. The Kier molecular flexibility index (Phi) is 3.73. The van der Waals surface area contributed by atoms with Gasteiger partial charge in [-0.1, -0.05) is 12.8 Å². The first-order valence-electron chi connectivity index (χ1n) is 6.66. The fraction of sp³-hybridized carbons (Fsp3) is 0.923. The van der Waals surface area contributed by atoms with E-state index in [9.17, 15) is 9.90 Å². The molecule has 2 aliphatic rings. The van der Waals surface area contributed by atoms with Crippen molar-refractivity contribution in [1.29, 1.82) is 0 Å². The van der Waals surface area contributed by atoms with E-state index in [1.165, 1.54) is 6.42 Å². The summed E-state index contributed by atoms with van der Waals surface area (Å²) in [5, 5.41) is 9.46. The lowest BCUT2D eigenvalue weighted by Gasteiger charge is -2.30. The first kappa shape index (κ1) is 12.8. The number of rotatable bonds is 4. The molecule has 0 amide bonds. The number of hydrogen-bond acceptors (Lipinski definition) is 3. The molecule has 17 heavy (non-hydrogen) atoms. The minimum Gasteiger partial charge on any atom is -0.481 e. The number of likely N-dealkylation sites (tertiary alicyclic amines) is 1. The Labute approximate surface area is 104 Å². The highest BCUT2D eigenvalue weighted by Gasteiger charge is 2.43. The molecular weight excluding hydrogens is 216 g/mol. The maximum Gasteiger partial charge on any atom is 0.310 e. The molecule has 0 aromatic heterocycles. The van der Waals surface area contributed by atoms with E-state index in [0.29, 0.717) is 6.04 Å². The van der Waals surface area contributed by atoms with Gasteiger partial charge in [0.25, 0.3) is 0 Å². The van der Waals surface area contributed by atoms with Crippen molar-refractivity contribution in [2.24, 2.45) is 5.41 Å². The number of likely N-dealkylation sites (N-methyl/N-ethyl adjacent to an activating group) is 1. The van der Waals surface area contributed by atoms with Crippen LogP contribution in [0, 0.1) is 5.41 Å². The van der Waals surface area contributed by atoms with Crippen molar-refractivity contribution in [3.63, 3.8) is 0 Å². The molecule has 1 atom stereocenters. The third kappa shape index (κ3) is 2.63. The summed E-state index contributed by atoms with van der Waals surface area (Å²) in [6.07, 6.45) is 5.06. The summed E-state index contributed by atoms with van der Waals surface area (Å²) in [6.45, 7) is 2.84. The first-order valence-corrected chi connectivity index (χ1v) is 6.66. The van der Waals surface area contributed by atoms with E-state index < -0.39 is 11.4 Å². The fourth-order valence-electron chi connectivity index (χ4n) is 3.30. The standard InChI is InChI=1S/C13H24N2O2/c1-14(2)11-5-8-15(9-11)10-13(12(16)17)6-3-4-7-13/h11H,3-10H2,1-2H3,(H,16,17). The van der Waals surface area contributed by atoms with Gasteiger partial charge in [-0.2, -0.15) is 0 Å². The quantitative estimate of drug-likeness (QED) is 0.803. The third-order valence-corrected chi connectivity index (χ3v) is 4.52. The van der Waals surface area contributed by atoms with Gasteiger partial charge in [-0.05, 0) is 39.9 Å². The molecule has 0 radical (unpaired) electrons. The Morgan fingerprint density at radius 3 is 2.53 bits per heavy atom. The van der Waals surface area contributed by atoms with E-state index in [2.05, 4.69) is 23.9 Å². The van der Waals surface area contributed by atoms with Gasteiger partial charge in [0.1, 0.15) is 0 Å². The lowest BCUT2D eigenvalue weighted by molar-refractivity contribution is -0.149. The number of carbonyl (C=O) groups is 1. The van der Waals surface area contributed by atoms with Gasteiger partial charge in [0.05, 0.1) is 5.41 Å². The van der Waals surface area contributed by atoms with Crippen LogP contribution in [0.2, 0.25) is 0 Å². The average Bonchev–Trinajstić information content (AvgIpc) is 2.88. The molecule has 0 bridgehead atoms. The van der Waals surface area contributed by atoms with Crippen molar-refractivity contribution in [3.8, 4) is 0 Å². The van der Waals surface area contributed by atoms with Gasteiger partial charge < -0.3 is 14.9 Å². The highest BCUT2D eigenvalue weighted by atomic mass is 16.4. The van der Waals surface area contributed by atoms with Crippen LogP contribution >= 0.6 is 0 Å². The predicted octanol–water partition coefficient (Wildman–Crippen LogP) is 1.27. The number of aliphatic carboxylic acids is 1. The number of carboxylic acids is 1. The largest absolute Gasteiger partial charge is 0.481 e. The van der Waals surface area contributed by atoms with E-state index >= 15 is 0 Å². The van der Waals surface area contributed by atoms with Gasteiger partial charge in [-0.3, -0.25) is 4.79 Å². The molecule has 4 nitrogen and oxygen atoms in total. The lowest BCUT2D eigenvalue weighted by atomic mass is 9.86. The van der Waals surface area contributed by atoms with E-state index in [1.807, 2.05) is 0 Å². The van der Waals surface area contributed by atoms with Crippen molar-refractivity contribution < 1.29 is 9.90 Å². The Morgan fingerprint density at radius 2 is 2.06 bits per heavy atom. The molecule has 98 valence electrons. The van der Waals surface area contributed by atoms with Crippen LogP contribution in [0.1, 0.15) is 32.1 Å². The van der Waals surface area contributed by atoms with Crippen molar-refractivity contribution in [2.75, 3.05) is 33.7 Å². The zero-order chi connectivity index (χ0) is 12.5. The zero-order valence-corrected chi connectivity index (χ0v) is 11.0. The van der Waals surface area contributed by atoms with Crippen LogP contribution in [0.5, 0.6) is 0 Å². The van der Waals surface area contributed by atoms with E-state index in [1.54, 1.807) is 0 Å². The fourth-order valence-corrected chi connectivity index (χ4v) is 3.30. The predicted molar refractivity (Wildman–Crippen MR) is 67.1 cm³/mol. The van der Waals surface area contributed by atoms with E-state index in [0.717, 1.165) is 45.3 Å². The second kappa shape index (κ2) is 4.94. The molecule has 1 aliphatic heterocycles. The Morgan fingerprint density at radius 1 is 1.41 bits per heavy atom. The number of carboxylic acid groups (broad SMARTS) is 1. The maximum absolute atomic E-state index is 11.5. The summed E-state index contributed by atoms with van der Waals surface area (Å²) in [5.74, 6) is -0.580. The van der Waals surface area contributed by atoms with Gasteiger partial charge in [0.15, 0.2) is 0 Å². The Hall–Kier alpha value is -0.610. The molecule has 0 spiro atoms. The van der Waals surface area contributed by atoms with Crippen LogP contribution < -0.4 is 0 Å². The normalized spacial score (nSPS) is 29.0. The van der Waals surface area contributed by atoms with Crippen LogP contribution in [0.25, 0.3) is 0 Å². The summed E-state index contributed by atoms with van der Waals surface area (Å²) >= 11 is 0. The topological polar surface area (TPSA) is 43.8 Å². The highest BCUT2D eigenvalue weighted by molar-refractivity contribution is 5.75. The molecule has 2 fully saturated rings. The van der Waals surface area contributed by atoms with E-state index in [4.69, 9.17) is 0 Å². The van der Waals surface area contributed by atoms with Crippen molar-refractivity contribution >= 4 is 5.97 Å². The van der Waals surface area contributed by atoms with Crippen LogP contribution in [0.3, 0.4) is 0 Å². The first-order chi connectivity index (χ1) is 8.03. The molecule has 0 aromatic carbocycles. The molecule has 2 rings (SSSR count). The Bertz CT molecular complexity index is 285. The number of hydrogen-bond donors (Lipinski definition) is 1. The van der Waals surface area contributed by atoms with Crippen molar-refractivity contribution in [3.05, 3.63) is 0 Å². The lowest BCUT2D eigenvalue weighted by Crippen LogP contribution is -2.41. The van der Waals surface area contributed by atoms with Crippen LogP contribution in [-0.4, -0.2) is 60.6 Å². The molecule has 1 aliphatic carbocycles. The van der Waals surface area contributed by atoms with Crippen molar-refractivity contribution in [1.82, 2.24) is 9.80 Å². The maximum atomic E-state index is 11.5. The van der Waals surface area contributed by atoms with Gasteiger partial charge in [-0.15, -0.1) is 0 Å². The van der Waals surface area contributed by atoms with Crippen molar-refractivity contribution in [2.45, 2.75) is 38.1 Å². The van der Waals surface area contributed by atoms with Crippen LogP contribution in [-0.2, 0) is 4.79 Å². The SMILES string of the molecule is CN(C)C1CCN(CC2(C(=O)O)CCCC2)C1. The molecule has 1 saturated carbocycles. The number of nitrogens with zero attached hydrogens (tertiary/aromatic N) is 2. The highest BCUT2D eigenvalue weighted by Crippen LogP contribution is 2.39. The van der Waals surface area contributed by atoms with E-state index in [-0.39, 0.29) is 0 Å². The summed E-state index contributed by atoms with van der Waals surface area (Å²) < 4.78 is 0. The summed E-state index contributed by atoms with van der Waals surface area (Å²) in [6, 6.07) is 0.599. The molecular formula is C13H24N2O2. The second-order valence-electron chi connectivity index (χ2n) is 5.93. The average molecular weight is 240 g/mol. The molecule has 1 N–H and O–H groups in total. The van der Waals surface area contributed by atoms with Gasteiger partial charge >= 0.3 is 5.97 Å². The van der Waals surface area contributed by atoms with Crippen LogP contribution in [0.4, 0.5) is 0 Å². The minimum atomic E-state index is -0.580. The molecule has 1 unspecified atom stereocenters. The summed E-state index contributed by atoms with van der Waals surface area (Å²) in [4.78, 5) is 16.1. The zero-order valence-electron chi connectivity index (χ0n) is 11.0.